The Hall–Kier alpha value is -3.40. The third-order valence-corrected chi connectivity index (χ3v) is 8.03. The van der Waals surface area contributed by atoms with Crippen LogP contribution in [0, 0.1) is 0 Å². The number of aromatic nitrogens is 2. The molecule has 0 radical (unpaired) electrons. The molecule has 1 aliphatic carbocycles. The van der Waals surface area contributed by atoms with Gasteiger partial charge in [0.05, 0.1) is 19.0 Å². The lowest BCUT2D eigenvalue weighted by Crippen LogP contribution is -2.43. The van der Waals surface area contributed by atoms with Crippen molar-refractivity contribution < 1.29 is 14.3 Å². The fourth-order valence-corrected chi connectivity index (χ4v) is 5.82. The number of hydrogen-bond donors (Lipinski definition) is 2. The van der Waals surface area contributed by atoms with Crippen LogP contribution < -0.4 is 25.2 Å². The van der Waals surface area contributed by atoms with Crippen LogP contribution in [0.15, 0.2) is 24.4 Å². The second-order valence-corrected chi connectivity index (χ2v) is 10.5. The van der Waals surface area contributed by atoms with Crippen molar-refractivity contribution in [2.45, 2.75) is 64.0 Å². The van der Waals surface area contributed by atoms with Crippen LogP contribution in [0.4, 0.5) is 23.1 Å². The molecule has 0 bridgehead atoms. The van der Waals surface area contributed by atoms with E-state index in [1.165, 1.54) is 12.8 Å². The Labute approximate surface area is 224 Å². The summed E-state index contributed by atoms with van der Waals surface area (Å²) in [6.45, 7) is 5.19. The summed E-state index contributed by atoms with van der Waals surface area (Å²) in [6.07, 6.45) is 8.75. The van der Waals surface area contributed by atoms with Crippen molar-refractivity contribution in [2.24, 2.45) is 0 Å². The van der Waals surface area contributed by atoms with Crippen LogP contribution >= 0.6 is 0 Å². The van der Waals surface area contributed by atoms with Crippen LogP contribution in [-0.4, -0.2) is 79.1 Å². The summed E-state index contributed by atoms with van der Waals surface area (Å²) in [7, 11) is 3.69. The number of amides is 2. The highest BCUT2D eigenvalue weighted by Gasteiger charge is 2.32. The largest absolute Gasteiger partial charge is 0.495 e. The predicted molar refractivity (Wildman–Crippen MR) is 149 cm³/mol. The smallest absolute Gasteiger partial charge is 0.251 e. The number of hydrogen-bond acceptors (Lipinski definition) is 8. The maximum atomic E-state index is 12.9. The minimum absolute atomic E-state index is 0.0952. The average Bonchev–Trinajstić information content (AvgIpc) is 3.42. The number of anilines is 4. The summed E-state index contributed by atoms with van der Waals surface area (Å²) in [6, 6.07) is 5.94. The van der Waals surface area contributed by atoms with Crippen molar-refractivity contribution in [3.8, 4) is 5.75 Å². The monoisotopic (exact) mass is 521 g/mol. The van der Waals surface area contributed by atoms with Crippen molar-refractivity contribution in [2.75, 3.05) is 55.5 Å². The summed E-state index contributed by atoms with van der Waals surface area (Å²) in [5, 5.41) is 6.44. The topological polar surface area (TPSA) is 103 Å². The van der Waals surface area contributed by atoms with E-state index in [0.717, 1.165) is 50.3 Å². The number of nitrogens with one attached hydrogen (secondary N) is 2. The number of ether oxygens (including phenoxy) is 1. The fraction of sp³-hybridized carbons (Fsp3) is 0.571. The quantitative estimate of drug-likeness (QED) is 0.570. The van der Waals surface area contributed by atoms with E-state index in [1.807, 2.05) is 13.0 Å². The van der Waals surface area contributed by atoms with E-state index in [1.54, 1.807) is 30.3 Å². The van der Waals surface area contributed by atoms with E-state index in [2.05, 4.69) is 32.5 Å². The molecule has 10 heteroatoms. The molecule has 1 aromatic heterocycles. The van der Waals surface area contributed by atoms with Crippen LogP contribution in [-0.2, 0) is 4.79 Å². The van der Waals surface area contributed by atoms with Crippen molar-refractivity contribution >= 4 is 35.0 Å². The molecule has 2 fully saturated rings. The number of nitrogens with zero attached hydrogens (tertiary/aromatic N) is 5. The number of rotatable bonds is 7. The number of carbonyl (C=O) groups excluding carboxylic acids is 2. The molecular weight excluding hydrogens is 482 g/mol. The molecule has 2 amide bonds. The highest BCUT2D eigenvalue weighted by atomic mass is 16.5. The molecule has 1 saturated carbocycles. The second kappa shape index (κ2) is 11.6. The normalized spacial score (nSPS) is 19.3. The molecule has 10 nitrogen and oxygen atoms in total. The Balaban J connectivity index is 1.37. The molecule has 204 valence electrons. The van der Waals surface area contributed by atoms with Crippen molar-refractivity contribution in [3.05, 3.63) is 30.0 Å². The molecule has 5 rings (SSSR count). The second-order valence-electron chi connectivity index (χ2n) is 10.5. The van der Waals surface area contributed by atoms with Gasteiger partial charge in [0, 0.05) is 37.2 Å². The van der Waals surface area contributed by atoms with Crippen LogP contribution in [0.25, 0.3) is 0 Å². The molecule has 1 saturated heterocycles. The lowest BCUT2D eigenvalue weighted by Gasteiger charge is -2.30. The highest BCUT2D eigenvalue weighted by Crippen LogP contribution is 2.37. The molecule has 3 aliphatic rings. The van der Waals surface area contributed by atoms with Gasteiger partial charge in [-0.15, -0.1) is 0 Å². The van der Waals surface area contributed by atoms with Gasteiger partial charge in [-0.2, -0.15) is 4.98 Å². The third-order valence-electron chi connectivity index (χ3n) is 8.03. The van der Waals surface area contributed by atoms with E-state index in [4.69, 9.17) is 9.72 Å². The first-order chi connectivity index (χ1) is 18.5. The lowest BCUT2D eigenvalue weighted by molar-refractivity contribution is -0.118. The fourth-order valence-electron chi connectivity index (χ4n) is 5.82. The summed E-state index contributed by atoms with van der Waals surface area (Å²) in [5.74, 6) is 1.78. The van der Waals surface area contributed by atoms with E-state index < -0.39 is 0 Å². The van der Waals surface area contributed by atoms with Crippen LogP contribution in [0.1, 0.15) is 62.2 Å². The Morgan fingerprint density at radius 2 is 1.89 bits per heavy atom. The van der Waals surface area contributed by atoms with Gasteiger partial charge in [-0.1, -0.05) is 12.8 Å². The SMILES string of the molecule is CCN1C(=O)CCN(C2CCCC2)c2nc(Nc3ccc(C(=O)NC4CCN(C)CC4)cc3OC)ncc21. The molecule has 2 N–H and O–H groups in total. The zero-order chi connectivity index (χ0) is 26.6. The first-order valence-electron chi connectivity index (χ1n) is 13.8. The third kappa shape index (κ3) is 5.55. The molecule has 3 heterocycles. The average molecular weight is 522 g/mol. The Bertz CT molecular complexity index is 1160. The zero-order valence-electron chi connectivity index (χ0n) is 22.7. The van der Waals surface area contributed by atoms with Gasteiger partial charge in [0.2, 0.25) is 11.9 Å². The summed E-state index contributed by atoms with van der Waals surface area (Å²) < 4.78 is 5.63. The lowest BCUT2D eigenvalue weighted by atomic mass is 10.0. The standard InChI is InChI=1S/C28H39N7O3/c1-4-34-23-18-29-28(32-26(23)35(16-13-25(34)36)21-7-5-6-8-21)31-22-10-9-19(17-24(22)38-3)27(37)30-20-11-14-33(2)15-12-20/h9-10,17-18,20-21H,4-8,11-16H2,1-3H3,(H,30,37)(H,29,31,32). The first kappa shape index (κ1) is 26.2. The van der Waals surface area contributed by atoms with E-state index >= 15 is 0 Å². The minimum atomic E-state index is -0.0952. The van der Waals surface area contributed by atoms with Gasteiger partial charge >= 0.3 is 0 Å². The van der Waals surface area contributed by atoms with Gasteiger partial charge in [-0.25, -0.2) is 4.98 Å². The van der Waals surface area contributed by atoms with Crippen molar-refractivity contribution in [1.29, 1.82) is 0 Å². The van der Waals surface area contributed by atoms with E-state index in [9.17, 15) is 9.59 Å². The maximum Gasteiger partial charge on any atom is 0.251 e. The summed E-state index contributed by atoms with van der Waals surface area (Å²) >= 11 is 0. The summed E-state index contributed by atoms with van der Waals surface area (Å²) in [4.78, 5) is 41.6. The number of fused-ring (bicyclic) bond motifs is 1. The maximum absolute atomic E-state index is 12.9. The Morgan fingerprint density at radius 1 is 1.13 bits per heavy atom. The molecule has 0 spiro atoms. The highest BCUT2D eigenvalue weighted by molar-refractivity contribution is 5.98. The summed E-state index contributed by atoms with van der Waals surface area (Å²) in [5.41, 5.74) is 1.99. The van der Waals surface area contributed by atoms with Gasteiger partial charge in [-0.3, -0.25) is 9.59 Å². The van der Waals surface area contributed by atoms with Gasteiger partial charge in [0.15, 0.2) is 5.82 Å². The van der Waals surface area contributed by atoms with Crippen LogP contribution in [0.5, 0.6) is 5.75 Å². The van der Waals surface area contributed by atoms with Crippen molar-refractivity contribution in [3.63, 3.8) is 0 Å². The molecule has 2 aromatic rings. The van der Waals surface area contributed by atoms with Crippen LogP contribution in [0.3, 0.4) is 0 Å². The number of piperidine rings is 1. The zero-order valence-corrected chi connectivity index (χ0v) is 22.7. The number of carbonyl (C=O) groups is 2. The first-order valence-corrected chi connectivity index (χ1v) is 13.8. The van der Waals surface area contributed by atoms with Crippen molar-refractivity contribution in [1.82, 2.24) is 20.2 Å². The Kier molecular flexibility index (Phi) is 7.97. The van der Waals surface area contributed by atoms with Gasteiger partial charge < -0.3 is 30.1 Å². The number of likely N-dealkylation sites (tertiary alicyclic amines) is 1. The molecular formula is C28H39N7O3. The predicted octanol–water partition coefficient (Wildman–Crippen LogP) is 3.56. The van der Waals surface area contributed by atoms with Gasteiger partial charge in [0.1, 0.15) is 11.4 Å². The molecule has 0 unspecified atom stereocenters. The number of methoxy groups -OCH3 is 1. The van der Waals surface area contributed by atoms with E-state index in [0.29, 0.717) is 48.5 Å². The molecule has 2 aliphatic heterocycles. The van der Waals surface area contributed by atoms with Crippen LogP contribution in [0.2, 0.25) is 0 Å². The van der Waals surface area contributed by atoms with Gasteiger partial charge in [-0.05, 0) is 70.9 Å². The van der Waals surface area contributed by atoms with Gasteiger partial charge in [0.25, 0.3) is 5.91 Å². The minimum Gasteiger partial charge on any atom is -0.495 e. The molecule has 38 heavy (non-hydrogen) atoms. The van der Waals surface area contributed by atoms with E-state index in [-0.39, 0.29) is 17.9 Å². The molecule has 0 atom stereocenters. The Morgan fingerprint density at radius 3 is 2.61 bits per heavy atom. The number of benzene rings is 1. The molecule has 1 aromatic carbocycles.